The van der Waals surface area contributed by atoms with E-state index in [-0.39, 0.29) is 12.1 Å². The van der Waals surface area contributed by atoms with Crippen LogP contribution in [0.4, 0.5) is 5.82 Å². The first-order valence-corrected chi connectivity index (χ1v) is 6.50. The van der Waals surface area contributed by atoms with Gasteiger partial charge in [0.25, 0.3) is 0 Å². The van der Waals surface area contributed by atoms with Crippen LogP contribution in [0.25, 0.3) is 0 Å². The molecule has 0 aliphatic carbocycles. The molecular weight excluding hydrogens is 240 g/mol. The number of aromatic nitrogens is 2. The molecule has 106 valence electrons. The largest absolute Gasteiger partial charge is 0.395 e. The maximum absolute atomic E-state index is 9.02. The van der Waals surface area contributed by atoms with E-state index in [1.54, 1.807) is 6.08 Å². The van der Waals surface area contributed by atoms with Crippen molar-refractivity contribution in [3.05, 3.63) is 30.5 Å². The molecule has 0 fully saturated rings. The molecule has 0 unspecified atom stereocenters. The Bertz CT molecular complexity index is 383. The molecule has 2 N–H and O–H groups in total. The summed E-state index contributed by atoms with van der Waals surface area (Å²) in [5.74, 6) is 0.758. The summed E-state index contributed by atoms with van der Waals surface area (Å²) in [5.41, 5.74) is 0.966. The van der Waals surface area contributed by atoms with Crippen LogP contribution in [0.5, 0.6) is 0 Å². The van der Waals surface area contributed by atoms with Crippen molar-refractivity contribution in [2.24, 2.45) is 0 Å². The molecule has 0 aliphatic rings. The van der Waals surface area contributed by atoms with Crippen molar-refractivity contribution in [2.45, 2.75) is 32.9 Å². The molecule has 1 heterocycles. The van der Waals surface area contributed by atoms with Crippen molar-refractivity contribution in [3.63, 3.8) is 0 Å². The molecule has 5 nitrogen and oxygen atoms in total. The number of aliphatic hydroxyl groups excluding tert-OH is 1. The monoisotopic (exact) mass is 264 g/mol. The SMILES string of the molecule is C=CCN(CCO)c1ccc(CNC(C)(C)C)nn1. The van der Waals surface area contributed by atoms with Crippen LogP contribution in [0.3, 0.4) is 0 Å². The van der Waals surface area contributed by atoms with Gasteiger partial charge in [0.2, 0.25) is 0 Å². The van der Waals surface area contributed by atoms with Crippen molar-refractivity contribution in [2.75, 3.05) is 24.6 Å². The molecule has 5 heteroatoms. The third kappa shape index (κ3) is 5.81. The Morgan fingerprint density at radius 2 is 2.11 bits per heavy atom. The zero-order valence-electron chi connectivity index (χ0n) is 12.1. The van der Waals surface area contributed by atoms with Crippen molar-refractivity contribution in [1.82, 2.24) is 15.5 Å². The predicted molar refractivity (Wildman–Crippen MR) is 78.1 cm³/mol. The van der Waals surface area contributed by atoms with Crippen LogP contribution in [0.1, 0.15) is 26.5 Å². The van der Waals surface area contributed by atoms with Gasteiger partial charge in [0.05, 0.1) is 12.3 Å². The summed E-state index contributed by atoms with van der Waals surface area (Å²) in [7, 11) is 0. The van der Waals surface area contributed by atoms with Crippen LogP contribution in [-0.2, 0) is 6.54 Å². The van der Waals surface area contributed by atoms with E-state index < -0.39 is 0 Å². The van der Waals surface area contributed by atoms with E-state index in [2.05, 4.69) is 42.9 Å². The summed E-state index contributed by atoms with van der Waals surface area (Å²) in [5, 5.41) is 20.8. The van der Waals surface area contributed by atoms with Gasteiger partial charge in [-0.1, -0.05) is 6.08 Å². The zero-order valence-corrected chi connectivity index (χ0v) is 12.1. The van der Waals surface area contributed by atoms with Crippen LogP contribution in [0, 0.1) is 0 Å². The number of anilines is 1. The fourth-order valence-electron chi connectivity index (χ4n) is 1.55. The van der Waals surface area contributed by atoms with Gasteiger partial charge in [-0.05, 0) is 32.9 Å². The molecule has 1 aromatic rings. The molecule has 0 amide bonds. The second-order valence-electron chi connectivity index (χ2n) is 5.44. The molecule has 0 aliphatic heterocycles. The molecule has 0 atom stereocenters. The zero-order chi connectivity index (χ0) is 14.3. The normalized spacial score (nSPS) is 11.4. The molecule has 0 saturated carbocycles. The van der Waals surface area contributed by atoms with Gasteiger partial charge < -0.3 is 15.3 Å². The Kier molecular flexibility index (Phi) is 5.92. The summed E-state index contributed by atoms with van der Waals surface area (Å²) in [6, 6.07) is 3.88. The minimum absolute atomic E-state index is 0.0616. The van der Waals surface area contributed by atoms with E-state index in [9.17, 15) is 0 Å². The molecule has 0 saturated heterocycles. The topological polar surface area (TPSA) is 61.3 Å². The summed E-state index contributed by atoms with van der Waals surface area (Å²) >= 11 is 0. The average molecular weight is 264 g/mol. The van der Waals surface area contributed by atoms with E-state index in [0.29, 0.717) is 19.6 Å². The van der Waals surface area contributed by atoms with E-state index in [4.69, 9.17) is 5.11 Å². The Morgan fingerprint density at radius 1 is 1.37 bits per heavy atom. The predicted octanol–water partition coefficient (Wildman–Crippen LogP) is 1.35. The minimum Gasteiger partial charge on any atom is -0.395 e. The molecule has 19 heavy (non-hydrogen) atoms. The van der Waals surface area contributed by atoms with Crippen LogP contribution >= 0.6 is 0 Å². The van der Waals surface area contributed by atoms with Gasteiger partial charge in [-0.3, -0.25) is 0 Å². The van der Waals surface area contributed by atoms with Crippen molar-refractivity contribution in [3.8, 4) is 0 Å². The minimum atomic E-state index is 0.0616. The van der Waals surface area contributed by atoms with Crippen molar-refractivity contribution in [1.29, 1.82) is 0 Å². The molecule has 1 aromatic heterocycles. The number of hydrogen-bond acceptors (Lipinski definition) is 5. The molecule has 1 rings (SSSR count). The van der Waals surface area contributed by atoms with Gasteiger partial charge in [-0.15, -0.1) is 11.7 Å². The van der Waals surface area contributed by atoms with E-state index in [1.807, 2.05) is 17.0 Å². The Labute approximate surface area is 115 Å². The standard InChI is InChI=1S/C14H24N4O/c1-5-8-18(9-10-19)13-7-6-12(16-17-13)11-15-14(2,3)4/h5-7,15,19H,1,8-11H2,2-4H3. The van der Waals surface area contributed by atoms with Crippen molar-refractivity contribution >= 4 is 5.82 Å². The van der Waals surface area contributed by atoms with Gasteiger partial charge in [-0.2, -0.15) is 5.10 Å². The lowest BCUT2D eigenvalue weighted by atomic mass is 10.1. The van der Waals surface area contributed by atoms with Gasteiger partial charge >= 0.3 is 0 Å². The maximum Gasteiger partial charge on any atom is 0.151 e. The first-order chi connectivity index (χ1) is 8.96. The lowest BCUT2D eigenvalue weighted by molar-refractivity contribution is 0.302. The Balaban J connectivity index is 2.66. The summed E-state index contributed by atoms with van der Waals surface area (Å²) in [4.78, 5) is 1.93. The van der Waals surface area contributed by atoms with Crippen molar-refractivity contribution < 1.29 is 5.11 Å². The second-order valence-corrected chi connectivity index (χ2v) is 5.44. The highest BCUT2D eigenvalue weighted by Gasteiger charge is 2.10. The van der Waals surface area contributed by atoms with Gasteiger partial charge in [0.1, 0.15) is 0 Å². The molecule has 0 radical (unpaired) electrons. The molecule has 0 aromatic carbocycles. The third-order valence-electron chi connectivity index (χ3n) is 2.55. The first kappa shape index (κ1) is 15.6. The Hall–Kier alpha value is -1.46. The van der Waals surface area contributed by atoms with Crippen LogP contribution in [-0.4, -0.2) is 40.5 Å². The number of aliphatic hydroxyl groups is 1. The van der Waals surface area contributed by atoms with Gasteiger partial charge in [0, 0.05) is 25.2 Å². The summed E-state index contributed by atoms with van der Waals surface area (Å²) in [6.07, 6.45) is 1.78. The fraction of sp³-hybridized carbons (Fsp3) is 0.571. The molecule has 0 spiro atoms. The lowest BCUT2D eigenvalue weighted by Crippen LogP contribution is -2.35. The smallest absolute Gasteiger partial charge is 0.151 e. The van der Waals surface area contributed by atoms with E-state index in [0.717, 1.165) is 11.5 Å². The van der Waals surface area contributed by atoms with Crippen LogP contribution < -0.4 is 10.2 Å². The molecular formula is C14H24N4O. The van der Waals surface area contributed by atoms with E-state index in [1.165, 1.54) is 0 Å². The maximum atomic E-state index is 9.02. The average Bonchev–Trinajstić information content (AvgIpc) is 2.36. The fourth-order valence-corrected chi connectivity index (χ4v) is 1.55. The van der Waals surface area contributed by atoms with E-state index >= 15 is 0 Å². The highest BCUT2D eigenvalue weighted by Crippen LogP contribution is 2.10. The highest BCUT2D eigenvalue weighted by atomic mass is 16.3. The lowest BCUT2D eigenvalue weighted by Gasteiger charge is -2.21. The molecule has 0 bridgehead atoms. The quantitative estimate of drug-likeness (QED) is 0.728. The summed E-state index contributed by atoms with van der Waals surface area (Å²) < 4.78 is 0. The Morgan fingerprint density at radius 3 is 2.58 bits per heavy atom. The third-order valence-corrected chi connectivity index (χ3v) is 2.55. The number of hydrogen-bond donors (Lipinski definition) is 2. The summed E-state index contributed by atoms with van der Waals surface area (Å²) in [6.45, 7) is 12.0. The number of rotatable bonds is 7. The van der Waals surface area contributed by atoms with Crippen LogP contribution in [0.15, 0.2) is 24.8 Å². The van der Waals surface area contributed by atoms with Gasteiger partial charge in [-0.25, -0.2) is 0 Å². The first-order valence-electron chi connectivity index (χ1n) is 6.50. The second kappa shape index (κ2) is 7.21. The number of nitrogens with zero attached hydrogens (tertiary/aromatic N) is 3. The number of nitrogens with one attached hydrogen (secondary N) is 1. The highest BCUT2D eigenvalue weighted by molar-refractivity contribution is 5.38. The van der Waals surface area contributed by atoms with Crippen LogP contribution in [0.2, 0.25) is 0 Å². The van der Waals surface area contributed by atoms with Gasteiger partial charge in [0.15, 0.2) is 5.82 Å².